The van der Waals surface area contributed by atoms with Gasteiger partial charge in [-0.2, -0.15) is 0 Å². The van der Waals surface area contributed by atoms with Gasteiger partial charge in [-0.05, 0) is 31.0 Å². The fourth-order valence-electron chi connectivity index (χ4n) is 3.57. The average molecular weight is 535 g/mol. The molecule has 0 saturated heterocycles. The molecule has 0 aliphatic rings. The number of ether oxygens (including phenoxy) is 2. The predicted molar refractivity (Wildman–Crippen MR) is 144 cm³/mol. The number of rotatable bonds is 12. The summed E-state index contributed by atoms with van der Waals surface area (Å²) in [4.78, 5) is 25.8. The van der Waals surface area contributed by atoms with Crippen LogP contribution in [0.1, 0.15) is 66.7 Å². The SMILES string of the molecule is CCCCCCCOc1c(Cl)cc(C(=O)Nc2scc(-c3ccccc3)c2C(=O)OCC)cc1Cl. The largest absolute Gasteiger partial charge is 0.490 e. The van der Waals surface area contributed by atoms with Crippen molar-refractivity contribution in [2.45, 2.75) is 46.0 Å². The van der Waals surface area contributed by atoms with Gasteiger partial charge >= 0.3 is 5.97 Å². The Kier molecular flexibility index (Phi) is 10.5. The number of hydrogen-bond acceptors (Lipinski definition) is 5. The number of amides is 1. The molecule has 0 unspecified atom stereocenters. The first-order valence-electron chi connectivity index (χ1n) is 11.7. The highest BCUT2D eigenvalue weighted by Crippen LogP contribution is 2.38. The van der Waals surface area contributed by atoms with Crippen molar-refractivity contribution in [3.05, 3.63) is 69.0 Å². The molecule has 5 nitrogen and oxygen atoms in total. The van der Waals surface area contributed by atoms with Crippen LogP contribution in [0.4, 0.5) is 5.00 Å². The van der Waals surface area contributed by atoms with Crippen LogP contribution in [0.5, 0.6) is 5.75 Å². The van der Waals surface area contributed by atoms with Gasteiger partial charge in [0.1, 0.15) is 10.6 Å². The van der Waals surface area contributed by atoms with Crippen molar-refractivity contribution in [1.82, 2.24) is 0 Å². The van der Waals surface area contributed by atoms with Gasteiger partial charge in [0.05, 0.1) is 23.3 Å². The zero-order valence-corrected chi connectivity index (χ0v) is 22.2. The summed E-state index contributed by atoms with van der Waals surface area (Å²) in [6.45, 7) is 4.65. The molecule has 2 aromatic carbocycles. The number of hydrogen-bond donors (Lipinski definition) is 1. The number of carbonyl (C=O) groups excluding carboxylic acids is 2. The molecule has 3 aromatic rings. The highest BCUT2D eigenvalue weighted by atomic mass is 35.5. The summed E-state index contributed by atoms with van der Waals surface area (Å²) in [5.41, 5.74) is 2.13. The molecule has 0 radical (unpaired) electrons. The van der Waals surface area contributed by atoms with Crippen molar-refractivity contribution in [3.63, 3.8) is 0 Å². The van der Waals surface area contributed by atoms with E-state index >= 15 is 0 Å². The fourth-order valence-corrected chi connectivity index (χ4v) is 5.12. The van der Waals surface area contributed by atoms with E-state index in [1.165, 1.54) is 42.7 Å². The van der Waals surface area contributed by atoms with Crippen molar-refractivity contribution >= 4 is 51.4 Å². The van der Waals surface area contributed by atoms with Crippen molar-refractivity contribution in [2.24, 2.45) is 0 Å². The third-order valence-electron chi connectivity index (χ3n) is 5.34. The second kappa shape index (κ2) is 13.5. The van der Waals surface area contributed by atoms with Crippen LogP contribution in [0.3, 0.4) is 0 Å². The van der Waals surface area contributed by atoms with Crippen LogP contribution >= 0.6 is 34.5 Å². The van der Waals surface area contributed by atoms with Gasteiger partial charge in [0, 0.05) is 16.5 Å². The first kappa shape index (κ1) is 27.1. The Balaban J connectivity index is 1.77. The van der Waals surface area contributed by atoms with Gasteiger partial charge in [-0.3, -0.25) is 4.79 Å². The first-order valence-corrected chi connectivity index (χ1v) is 13.4. The van der Waals surface area contributed by atoms with E-state index in [0.717, 1.165) is 18.4 Å². The Hall–Kier alpha value is -2.54. The van der Waals surface area contributed by atoms with Crippen LogP contribution in [0.2, 0.25) is 10.0 Å². The van der Waals surface area contributed by atoms with E-state index < -0.39 is 11.9 Å². The van der Waals surface area contributed by atoms with Gasteiger partial charge in [0.15, 0.2) is 5.75 Å². The maximum Gasteiger partial charge on any atom is 0.341 e. The maximum absolute atomic E-state index is 13.1. The topological polar surface area (TPSA) is 64.6 Å². The van der Waals surface area contributed by atoms with Gasteiger partial charge in [-0.15, -0.1) is 11.3 Å². The average Bonchev–Trinajstić information content (AvgIpc) is 3.26. The molecule has 0 atom stereocenters. The summed E-state index contributed by atoms with van der Waals surface area (Å²) in [6.07, 6.45) is 5.55. The Labute approximate surface area is 220 Å². The standard InChI is InChI=1S/C27H29Cl2NO4S/c1-3-5-6-7-11-14-34-24-21(28)15-19(16-22(24)29)25(31)30-26-23(27(32)33-4-2)20(17-35-26)18-12-9-8-10-13-18/h8-10,12-13,15-17H,3-7,11,14H2,1-2H3,(H,30,31). The van der Waals surface area contributed by atoms with Crippen LogP contribution in [-0.2, 0) is 4.74 Å². The lowest BCUT2D eigenvalue weighted by Gasteiger charge is -2.12. The fraction of sp³-hybridized carbons (Fsp3) is 0.333. The maximum atomic E-state index is 13.1. The quantitative estimate of drug-likeness (QED) is 0.187. The van der Waals surface area contributed by atoms with Gasteiger partial charge in [-0.25, -0.2) is 4.79 Å². The second-order valence-corrected chi connectivity index (χ2v) is 9.62. The van der Waals surface area contributed by atoms with Crippen LogP contribution < -0.4 is 10.1 Å². The molecule has 0 aliphatic heterocycles. The van der Waals surface area contributed by atoms with Crippen LogP contribution in [-0.4, -0.2) is 25.1 Å². The van der Waals surface area contributed by atoms with E-state index in [2.05, 4.69) is 12.2 Å². The summed E-state index contributed by atoms with van der Waals surface area (Å²) in [7, 11) is 0. The van der Waals surface area contributed by atoms with E-state index in [4.69, 9.17) is 32.7 Å². The smallest absolute Gasteiger partial charge is 0.341 e. The first-order chi connectivity index (χ1) is 17.0. The van der Waals surface area contributed by atoms with Crippen LogP contribution in [0.15, 0.2) is 47.8 Å². The summed E-state index contributed by atoms with van der Waals surface area (Å²) >= 11 is 14.0. The number of nitrogens with one attached hydrogen (secondary N) is 1. The van der Waals surface area contributed by atoms with E-state index in [0.29, 0.717) is 28.5 Å². The summed E-state index contributed by atoms with van der Waals surface area (Å²) in [5.74, 6) is -0.566. The number of benzene rings is 2. The van der Waals surface area contributed by atoms with E-state index in [9.17, 15) is 9.59 Å². The van der Waals surface area contributed by atoms with Crippen molar-refractivity contribution < 1.29 is 19.1 Å². The van der Waals surface area contributed by atoms with Gasteiger partial charge in [0.25, 0.3) is 5.91 Å². The molecular formula is C27H29Cl2NO4S. The third kappa shape index (κ3) is 7.23. The molecular weight excluding hydrogens is 505 g/mol. The normalized spacial score (nSPS) is 10.7. The molecule has 1 heterocycles. The lowest BCUT2D eigenvalue weighted by atomic mass is 10.0. The molecule has 1 N–H and O–H groups in total. The highest BCUT2D eigenvalue weighted by Gasteiger charge is 2.24. The molecule has 8 heteroatoms. The van der Waals surface area contributed by atoms with Crippen molar-refractivity contribution in [1.29, 1.82) is 0 Å². The van der Waals surface area contributed by atoms with Gasteiger partial charge in [0.2, 0.25) is 0 Å². The second-order valence-electron chi connectivity index (χ2n) is 7.93. The van der Waals surface area contributed by atoms with E-state index in [-0.39, 0.29) is 22.2 Å². The van der Waals surface area contributed by atoms with E-state index in [1.54, 1.807) is 6.92 Å². The zero-order chi connectivity index (χ0) is 25.2. The minimum Gasteiger partial charge on any atom is -0.490 e. The number of esters is 1. The van der Waals surface area contributed by atoms with E-state index in [1.807, 2.05) is 35.7 Å². The molecule has 0 fully saturated rings. The lowest BCUT2D eigenvalue weighted by Crippen LogP contribution is -2.15. The number of thiophene rings is 1. The highest BCUT2D eigenvalue weighted by molar-refractivity contribution is 7.15. The monoisotopic (exact) mass is 533 g/mol. The van der Waals surface area contributed by atoms with Crippen LogP contribution in [0.25, 0.3) is 11.1 Å². The van der Waals surface area contributed by atoms with Gasteiger partial charge < -0.3 is 14.8 Å². The molecule has 0 saturated carbocycles. The molecule has 186 valence electrons. The Morgan fingerprint density at radius 3 is 2.31 bits per heavy atom. The number of unbranched alkanes of at least 4 members (excludes halogenated alkanes) is 4. The Morgan fingerprint density at radius 2 is 1.66 bits per heavy atom. The van der Waals surface area contributed by atoms with Crippen LogP contribution in [0, 0.1) is 0 Å². The molecule has 0 bridgehead atoms. The van der Waals surface area contributed by atoms with Crippen molar-refractivity contribution in [2.75, 3.05) is 18.5 Å². The Morgan fingerprint density at radius 1 is 0.971 bits per heavy atom. The molecule has 1 amide bonds. The number of carbonyl (C=O) groups is 2. The molecule has 0 aliphatic carbocycles. The summed E-state index contributed by atoms with van der Waals surface area (Å²) < 4.78 is 11.0. The Bertz CT molecular complexity index is 1120. The molecule has 3 rings (SSSR count). The predicted octanol–water partition coefficient (Wildman–Crippen LogP) is 8.50. The zero-order valence-electron chi connectivity index (χ0n) is 19.9. The minimum atomic E-state index is -0.498. The third-order valence-corrected chi connectivity index (χ3v) is 6.79. The number of anilines is 1. The molecule has 35 heavy (non-hydrogen) atoms. The van der Waals surface area contributed by atoms with Crippen molar-refractivity contribution in [3.8, 4) is 16.9 Å². The summed E-state index contributed by atoms with van der Waals surface area (Å²) in [5, 5.41) is 5.57. The van der Waals surface area contributed by atoms with Gasteiger partial charge in [-0.1, -0.05) is 86.1 Å². The molecule has 0 spiro atoms. The number of halogens is 2. The molecule has 1 aromatic heterocycles. The lowest BCUT2D eigenvalue weighted by molar-refractivity contribution is 0.0529. The summed E-state index contributed by atoms with van der Waals surface area (Å²) in [6, 6.07) is 12.5. The minimum absolute atomic E-state index is 0.224.